The van der Waals surface area contributed by atoms with E-state index in [1.807, 2.05) is 23.1 Å². The number of nitrogens with zero attached hydrogens (tertiary/aromatic N) is 1. The van der Waals surface area contributed by atoms with Crippen molar-refractivity contribution >= 4 is 6.09 Å². The molecule has 0 bridgehead atoms. The van der Waals surface area contributed by atoms with Gasteiger partial charge in [0.25, 0.3) is 0 Å². The lowest BCUT2D eigenvalue weighted by molar-refractivity contribution is 0.131. The third kappa shape index (κ3) is 7.53. The molecule has 1 amide bonds. The predicted octanol–water partition coefficient (Wildman–Crippen LogP) is 7.86. The first-order valence-electron chi connectivity index (χ1n) is 11.8. The molecule has 0 radical (unpaired) electrons. The Kier molecular flexibility index (Phi) is 10.9. The number of benzene rings is 1. The second kappa shape index (κ2) is 13.5. The summed E-state index contributed by atoms with van der Waals surface area (Å²) in [6, 6.07) is 10.3. The number of allylic oxidation sites excluding steroid dienone is 2. The lowest BCUT2D eigenvalue weighted by Gasteiger charge is -2.32. The number of methoxy groups -OCH3 is 1. The summed E-state index contributed by atoms with van der Waals surface area (Å²) in [6.07, 6.45) is 14.5. The van der Waals surface area contributed by atoms with E-state index in [9.17, 15) is 4.79 Å². The highest BCUT2D eigenvalue weighted by molar-refractivity contribution is 5.70. The maximum Gasteiger partial charge on any atom is 0.414 e. The third-order valence-electron chi connectivity index (χ3n) is 6.16. The molecule has 0 unspecified atom stereocenters. The Labute approximate surface area is 178 Å². The summed E-state index contributed by atoms with van der Waals surface area (Å²) in [5, 5.41) is 0. The van der Waals surface area contributed by atoms with Gasteiger partial charge in [-0.1, -0.05) is 89.1 Å². The predicted molar refractivity (Wildman–Crippen MR) is 122 cm³/mol. The molecule has 0 heterocycles. The summed E-state index contributed by atoms with van der Waals surface area (Å²) in [6.45, 7) is 5.07. The second-order valence-electron chi connectivity index (χ2n) is 8.41. The molecule has 29 heavy (non-hydrogen) atoms. The van der Waals surface area contributed by atoms with Gasteiger partial charge in [0.2, 0.25) is 0 Å². The Morgan fingerprint density at radius 2 is 1.69 bits per heavy atom. The molecule has 2 rings (SSSR count). The van der Waals surface area contributed by atoms with Gasteiger partial charge in [0.1, 0.15) is 0 Å². The van der Waals surface area contributed by atoms with Crippen LogP contribution in [0.2, 0.25) is 0 Å². The molecule has 1 aromatic carbocycles. The zero-order valence-electron chi connectivity index (χ0n) is 18.9. The topological polar surface area (TPSA) is 29.5 Å². The Bertz CT molecular complexity index is 617. The molecule has 0 N–H and O–H groups in total. The van der Waals surface area contributed by atoms with Gasteiger partial charge < -0.3 is 4.74 Å². The normalized spacial score (nSPS) is 15.7. The van der Waals surface area contributed by atoms with Crippen LogP contribution in [-0.4, -0.2) is 18.1 Å². The molecule has 3 nitrogen and oxygen atoms in total. The van der Waals surface area contributed by atoms with Crippen molar-refractivity contribution in [1.29, 1.82) is 0 Å². The van der Waals surface area contributed by atoms with Gasteiger partial charge in [0.15, 0.2) is 0 Å². The van der Waals surface area contributed by atoms with E-state index in [1.54, 1.807) is 5.57 Å². The summed E-state index contributed by atoms with van der Waals surface area (Å²) in [4.78, 5) is 14.8. The van der Waals surface area contributed by atoms with Crippen LogP contribution < -0.4 is 0 Å². The second-order valence-corrected chi connectivity index (χ2v) is 8.41. The molecule has 0 atom stereocenters. The number of ether oxygens (including phenoxy) is 1. The maximum atomic E-state index is 12.9. The van der Waals surface area contributed by atoms with Gasteiger partial charge >= 0.3 is 6.09 Å². The van der Waals surface area contributed by atoms with Crippen LogP contribution in [0.3, 0.4) is 0 Å². The van der Waals surface area contributed by atoms with E-state index in [1.165, 1.54) is 70.6 Å². The highest BCUT2D eigenvalue weighted by Crippen LogP contribution is 2.37. The van der Waals surface area contributed by atoms with E-state index < -0.39 is 0 Å². The van der Waals surface area contributed by atoms with Crippen LogP contribution >= 0.6 is 0 Å². The fourth-order valence-electron chi connectivity index (χ4n) is 4.63. The monoisotopic (exact) mass is 399 g/mol. The van der Waals surface area contributed by atoms with E-state index in [4.69, 9.17) is 4.74 Å². The molecule has 1 fully saturated rings. The minimum Gasteiger partial charge on any atom is -0.452 e. The van der Waals surface area contributed by atoms with E-state index in [0.29, 0.717) is 12.5 Å². The van der Waals surface area contributed by atoms with Gasteiger partial charge in [0.05, 0.1) is 13.7 Å². The number of amides is 1. The zero-order valence-corrected chi connectivity index (χ0v) is 18.9. The van der Waals surface area contributed by atoms with Gasteiger partial charge in [-0.05, 0) is 49.2 Å². The van der Waals surface area contributed by atoms with Crippen LogP contribution in [0.5, 0.6) is 0 Å². The van der Waals surface area contributed by atoms with Gasteiger partial charge in [-0.25, -0.2) is 4.79 Å². The van der Waals surface area contributed by atoms with Crippen molar-refractivity contribution in [2.24, 2.45) is 5.92 Å². The first-order chi connectivity index (χ1) is 14.2. The average Bonchev–Trinajstić information content (AvgIpc) is 2.77. The summed E-state index contributed by atoms with van der Waals surface area (Å²) >= 11 is 0. The quantitative estimate of drug-likeness (QED) is 0.354. The third-order valence-corrected chi connectivity index (χ3v) is 6.16. The van der Waals surface area contributed by atoms with Gasteiger partial charge in [-0.3, -0.25) is 4.90 Å². The van der Waals surface area contributed by atoms with Crippen molar-refractivity contribution in [1.82, 2.24) is 4.90 Å². The van der Waals surface area contributed by atoms with Gasteiger partial charge in [-0.2, -0.15) is 0 Å². The Morgan fingerprint density at radius 3 is 2.31 bits per heavy atom. The summed E-state index contributed by atoms with van der Waals surface area (Å²) < 4.78 is 5.25. The van der Waals surface area contributed by atoms with Crippen molar-refractivity contribution < 1.29 is 9.53 Å². The minimum atomic E-state index is -0.223. The summed E-state index contributed by atoms with van der Waals surface area (Å²) in [5.41, 5.74) is 3.94. The molecule has 0 spiro atoms. The lowest BCUT2D eigenvalue weighted by Crippen LogP contribution is -2.32. The molecule has 1 aliphatic carbocycles. The minimum absolute atomic E-state index is 0.223. The van der Waals surface area contributed by atoms with E-state index >= 15 is 0 Å². The van der Waals surface area contributed by atoms with Crippen LogP contribution in [0.25, 0.3) is 0 Å². The van der Waals surface area contributed by atoms with E-state index in [2.05, 4.69) is 26.0 Å². The number of hydrogen-bond donors (Lipinski definition) is 0. The fraction of sp³-hybridized carbons (Fsp3) is 0.654. The zero-order chi connectivity index (χ0) is 20.9. The Balaban J connectivity index is 2.38. The van der Waals surface area contributed by atoms with Gasteiger partial charge in [-0.15, -0.1) is 0 Å². The SMILES string of the molecule is CCCCCC/C(=C(/CCC)N(Cc1ccccc1)C(=O)OC)C1CCCCC1. The fourth-order valence-corrected chi connectivity index (χ4v) is 4.63. The number of unbranched alkanes of at least 4 members (excludes halogenated alkanes) is 3. The van der Waals surface area contributed by atoms with E-state index in [-0.39, 0.29) is 6.09 Å². The lowest BCUT2D eigenvalue weighted by atomic mass is 9.80. The van der Waals surface area contributed by atoms with Crippen molar-refractivity contribution in [3.63, 3.8) is 0 Å². The number of hydrogen-bond acceptors (Lipinski definition) is 2. The Morgan fingerprint density at radius 1 is 0.966 bits per heavy atom. The number of rotatable bonds is 11. The van der Waals surface area contributed by atoms with Crippen LogP contribution in [0.15, 0.2) is 41.6 Å². The smallest absolute Gasteiger partial charge is 0.414 e. The highest BCUT2D eigenvalue weighted by atomic mass is 16.5. The largest absolute Gasteiger partial charge is 0.452 e. The summed E-state index contributed by atoms with van der Waals surface area (Å²) in [7, 11) is 1.51. The first kappa shape index (κ1) is 23.5. The molecular formula is C26H41NO2. The average molecular weight is 400 g/mol. The first-order valence-corrected chi connectivity index (χ1v) is 11.8. The van der Waals surface area contributed by atoms with Crippen molar-refractivity contribution in [2.45, 2.75) is 97.4 Å². The van der Waals surface area contributed by atoms with Crippen molar-refractivity contribution in [2.75, 3.05) is 7.11 Å². The Hall–Kier alpha value is -1.77. The molecule has 3 heteroatoms. The molecule has 1 aliphatic rings. The van der Waals surface area contributed by atoms with Crippen LogP contribution in [0.4, 0.5) is 4.79 Å². The number of carbonyl (C=O) groups is 1. The van der Waals surface area contributed by atoms with E-state index in [0.717, 1.165) is 24.8 Å². The molecular weight excluding hydrogens is 358 g/mol. The van der Waals surface area contributed by atoms with Crippen LogP contribution in [0.1, 0.15) is 96.5 Å². The molecule has 162 valence electrons. The van der Waals surface area contributed by atoms with Crippen molar-refractivity contribution in [3.8, 4) is 0 Å². The molecule has 1 aromatic rings. The number of carbonyl (C=O) groups excluding carboxylic acids is 1. The maximum absolute atomic E-state index is 12.9. The van der Waals surface area contributed by atoms with Crippen LogP contribution in [0, 0.1) is 5.92 Å². The highest BCUT2D eigenvalue weighted by Gasteiger charge is 2.26. The standard InChI is InChI=1S/C26H41NO2/c1-4-6-7-14-20-24(23-18-12-9-13-19-23)25(15-5-2)27(26(28)29-3)21-22-16-10-8-11-17-22/h8,10-11,16-17,23H,4-7,9,12-15,18-21H2,1-3H3/b25-24+. The van der Waals surface area contributed by atoms with Gasteiger partial charge in [0, 0.05) is 5.70 Å². The molecule has 0 aromatic heterocycles. The van der Waals surface area contributed by atoms with Crippen LogP contribution in [-0.2, 0) is 11.3 Å². The summed E-state index contributed by atoms with van der Waals surface area (Å²) in [5.74, 6) is 0.634. The molecule has 0 aliphatic heterocycles. The van der Waals surface area contributed by atoms with Crippen molar-refractivity contribution in [3.05, 3.63) is 47.2 Å². The molecule has 1 saturated carbocycles. The molecule has 0 saturated heterocycles.